The number of hydrogen-bond donors (Lipinski definition) is 1. The molecule has 1 unspecified atom stereocenters. The lowest BCUT2D eigenvalue weighted by atomic mass is 10.1. The van der Waals surface area contributed by atoms with Crippen molar-refractivity contribution in [1.29, 1.82) is 0 Å². The summed E-state index contributed by atoms with van der Waals surface area (Å²) in [5, 5.41) is 2.50. The summed E-state index contributed by atoms with van der Waals surface area (Å²) in [6.45, 7) is 1.97. The minimum Gasteiger partial charge on any atom is -0.380 e. The van der Waals surface area contributed by atoms with Crippen molar-refractivity contribution < 1.29 is 22.7 Å². The van der Waals surface area contributed by atoms with Gasteiger partial charge in [0.15, 0.2) is 0 Å². The third kappa shape index (κ3) is 4.50. The van der Waals surface area contributed by atoms with E-state index in [1.54, 1.807) is 6.92 Å². The molecule has 7 heteroatoms. The summed E-state index contributed by atoms with van der Waals surface area (Å²) in [6.07, 6.45) is -4.71. The molecule has 0 heterocycles. The predicted molar refractivity (Wildman–Crippen MR) is 67.9 cm³/mol. The van der Waals surface area contributed by atoms with Gasteiger partial charge in [-0.1, -0.05) is 15.9 Å². The highest BCUT2D eigenvalue weighted by Crippen LogP contribution is 2.35. The molecular weight excluding hydrogens is 327 g/mol. The Bertz CT molecular complexity index is 463. The summed E-state index contributed by atoms with van der Waals surface area (Å²) in [7, 11) is 1.48. The molecule has 0 aliphatic carbocycles. The number of rotatable bonds is 4. The molecule has 0 spiro atoms. The lowest BCUT2D eigenvalue weighted by molar-refractivity contribution is -0.138. The van der Waals surface area contributed by atoms with Crippen molar-refractivity contribution in [2.75, 3.05) is 13.7 Å². The Kier molecular flexibility index (Phi) is 5.37. The third-order valence-corrected chi connectivity index (χ3v) is 3.18. The van der Waals surface area contributed by atoms with Crippen molar-refractivity contribution in [3.63, 3.8) is 0 Å². The van der Waals surface area contributed by atoms with Crippen LogP contribution in [0.25, 0.3) is 0 Å². The number of halogens is 4. The number of amides is 1. The second-order valence-electron chi connectivity index (χ2n) is 3.95. The Morgan fingerprint density at radius 1 is 1.47 bits per heavy atom. The zero-order valence-corrected chi connectivity index (χ0v) is 11.9. The van der Waals surface area contributed by atoms with Crippen LogP contribution in [-0.4, -0.2) is 25.7 Å². The van der Waals surface area contributed by atoms with Gasteiger partial charge in [-0.05, 0) is 25.1 Å². The molecule has 1 aromatic rings. The van der Waals surface area contributed by atoms with Crippen molar-refractivity contribution in [2.24, 2.45) is 0 Å². The smallest absolute Gasteiger partial charge is 0.380 e. The van der Waals surface area contributed by atoms with E-state index in [9.17, 15) is 18.0 Å². The highest BCUT2D eigenvalue weighted by Gasteiger charge is 2.33. The maximum absolute atomic E-state index is 12.7. The van der Waals surface area contributed by atoms with Crippen LogP contribution in [0.5, 0.6) is 0 Å². The quantitative estimate of drug-likeness (QED) is 0.914. The molecule has 1 N–H and O–H groups in total. The minimum atomic E-state index is -4.51. The molecule has 0 aliphatic heterocycles. The average Bonchev–Trinajstić information content (AvgIpc) is 2.34. The fraction of sp³-hybridized carbons (Fsp3) is 0.417. The summed E-state index contributed by atoms with van der Waals surface area (Å²) in [5.74, 6) is -0.568. The number of alkyl halides is 3. The fourth-order valence-corrected chi connectivity index (χ4v) is 1.78. The molecule has 0 saturated heterocycles. The second kappa shape index (κ2) is 6.38. The normalized spacial score (nSPS) is 13.2. The first-order chi connectivity index (χ1) is 8.75. The SMILES string of the molecule is COC(C)CNC(=O)c1ccc(Br)c(C(F)(F)F)c1. The fourth-order valence-electron chi connectivity index (χ4n) is 1.31. The Balaban J connectivity index is 2.87. The lowest BCUT2D eigenvalue weighted by Gasteiger charge is -2.13. The van der Waals surface area contributed by atoms with Crippen LogP contribution in [0.2, 0.25) is 0 Å². The summed E-state index contributed by atoms with van der Waals surface area (Å²) < 4.78 is 42.9. The van der Waals surface area contributed by atoms with Gasteiger partial charge >= 0.3 is 6.18 Å². The minimum absolute atomic E-state index is 0.0428. The maximum atomic E-state index is 12.7. The van der Waals surface area contributed by atoms with Gasteiger partial charge in [0, 0.05) is 23.7 Å². The first-order valence-corrected chi connectivity index (χ1v) is 6.22. The van der Waals surface area contributed by atoms with Crippen LogP contribution >= 0.6 is 15.9 Å². The van der Waals surface area contributed by atoms with E-state index >= 15 is 0 Å². The van der Waals surface area contributed by atoms with Crippen molar-refractivity contribution in [3.05, 3.63) is 33.8 Å². The predicted octanol–water partition coefficient (Wildman–Crippen LogP) is 3.23. The van der Waals surface area contributed by atoms with Crippen molar-refractivity contribution in [2.45, 2.75) is 19.2 Å². The molecule has 1 amide bonds. The number of methoxy groups -OCH3 is 1. The summed E-state index contributed by atoms with van der Waals surface area (Å²) >= 11 is 2.82. The molecule has 1 rings (SSSR count). The number of ether oxygens (including phenoxy) is 1. The van der Waals surface area contributed by atoms with Gasteiger partial charge in [0.1, 0.15) is 0 Å². The number of hydrogen-bond acceptors (Lipinski definition) is 2. The zero-order chi connectivity index (χ0) is 14.6. The number of carbonyl (C=O) groups is 1. The van der Waals surface area contributed by atoms with Gasteiger partial charge in [0.2, 0.25) is 0 Å². The largest absolute Gasteiger partial charge is 0.417 e. The van der Waals surface area contributed by atoms with Crippen molar-refractivity contribution in [1.82, 2.24) is 5.32 Å². The maximum Gasteiger partial charge on any atom is 0.417 e. The molecule has 0 bridgehead atoms. The van der Waals surface area contributed by atoms with Gasteiger partial charge in [0.05, 0.1) is 11.7 Å². The van der Waals surface area contributed by atoms with E-state index in [1.165, 1.54) is 19.2 Å². The number of benzene rings is 1. The van der Waals surface area contributed by atoms with E-state index in [0.29, 0.717) is 0 Å². The van der Waals surface area contributed by atoms with Crippen LogP contribution in [-0.2, 0) is 10.9 Å². The highest BCUT2D eigenvalue weighted by molar-refractivity contribution is 9.10. The first-order valence-electron chi connectivity index (χ1n) is 5.43. The molecule has 19 heavy (non-hydrogen) atoms. The molecule has 0 saturated carbocycles. The molecule has 1 atom stereocenters. The van der Waals surface area contributed by atoms with Gasteiger partial charge in [-0.2, -0.15) is 13.2 Å². The Morgan fingerprint density at radius 2 is 2.11 bits per heavy atom. The van der Waals surface area contributed by atoms with Crippen molar-refractivity contribution in [3.8, 4) is 0 Å². The Labute approximate surface area is 117 Å². The lowest BCUT2D eigenvalue weighted by Crippen LogP contribution is -2.31. The molecule has 0 aromatic heterocycles. The monoisotopic (exact) mass is 339 g/mol. The third-order valence-electron chi connectivity index (χ3n) is 2.49. The Hall–Kier alpha value is -1.08. The first kappa shape index (κ1) is 16.0. The van der Waals surface area contributed by atoms with Gasteiger partial charge in [0.25, 0.3) is 5.91 Å². The summed E-state index contributed by atoms with van der Waals surface area (Å²) in [5.41, 5.74) is -0.918. The molecule has 3 nitrogen and oxygen atoms in total. The summed E-state index contributed by atoms with van der Waals surface area (Å²) in [6, 6.07) is 3.35. The van der Waals surface area contributed by atoms with Gasteiger partial charge in [-0.15, -0.1) is 0 Å². The van der Waals surface area contributed by atoms with E-state index in [1.807, 2.05) is 0 Å². The average molecular weight is 340 g/mol. The topological polar surface area (TPSA) is 38.3 Å². The van der Waals surface area contributed by atoms with Gasteiger partial charge in [-0.3, -0.25) is 4.79 Å². The summed E-state index contributed by atoms with van der Waals surface area (Å²) in [4.78, 5) is 11.7. The van der Waals surface area contributed by atoms with Crippen LogP contribution in [0, 0.1) is 0 Å². The number of nitrogens with one attached hydrogen (secondary N) is 1. The van der Waals surface area contributed by atoms with E-state index in [0.717, 1.165) is 6.07 Å². The van der Waals surface area contributed by atoms with Crippen LogP contribution < -0.4 is 5.32 Å². The van der Waals surface area contributed by atoms with Gasteiger partial charge in [-0.25, -0.2) is 0 Å². The zero-order valence-electron chi connectivity index (χ0n) is 10.3. The van der Waals surface area contributed by atoms with Gasteiger partial charge < -0.3 is 10.1 Å². The Morgan fingerprint density at radius 3 is 2.63 bits per heavy atom. The van der Waals surface area contributed by atoms with E-state index in [-0.39, 0.29) is 22.7 Å². The standard InChI is InChI=1S/C12H13BrF3NO2/c1-7(19-2)6-17-11(18)8-3-4-10(13)9(5-8)12(14,15)16/h3-5,7H,6H2,1-2H3,(H,17,18). The molecule has 0 fully saturated rings. The van der Waals surface area contributed by atoms with Crippen LogP contribution in [0.4, 0.5) is 13.2 Å². The van der Waals surface area contributed by atoms with E-state index in [4.69, 9.17) is 4.74 Å². The van der Waals surface area contributed by atoms with E-state index in [2.05, 4.69) is 21.2 Å². The molecule has 0 radical (unpaired) electrons. The van der Waals surface area contributed by atoms with Crippen LogP contribution in [0.3, 0.4) is 0 Å². The van der Waals surface area contributed by atoms with Crippen molar-refractivity contribution >= 4 is 21.8 Å². The highest BCUT2D eigenvalue weighted by atomic mass is 79.9. The van der Waals surface area contributed by atoms with Crippen LogP contribution in [0.1, 0.15) is 22.8 Å². The van der Waals surface area contributed by atoms with E-state index < -0.39 is 17.6 Å². The molecular formula is C12H13BrF3NO2. The van der Waals surface area contributed by atoms with Crippen LogP contribution in [0.15, 0.2) is 22.7 Å². The second-order valence-corrected chi connectivity index (χ2v) is 4.80. The molecule has 0 aliphatic rings. The number of carbonyl (C=O) groups excluding carboxylic acids is 1. The molecule has 106 valence electrons. The molecule has 1 aromatic carbocycles.